The van der Waals surface area contributed by atoms with Gasteiger partial charge in [-0.25, -0.2) is 0 Å². The summed E-state index contributed by atoms with van der Waals surface area (Å²) >= 11 is 12.0. The molecule has 8 heteroatoms. The van der Waals surface area contributed by atoms with E-state index in [-0.39, 0.29) is 12.0 Å². The molecular formula is C13H14Cl2N4O2. The van der Waals surface area contributed by atoms with E-state index in [4.69, 9.17) is 32.7 Å². The Balaban J connectivity index is 2.28. The number of rotatable bonds is 6. The molecular weight excluding hydrogens is 315 g/mol. The topological polar surface area (TPSA) is 69.2 Å². The Bertz CT molecular complexity index is 625. The molecule has 1 N–H and O–H groups in total. The van der Waals surface area contributed by atoms with Gasteiger partial charge in [0.15, 0.2) is 5.75 Å². The van der Waals surface area contributed by atoms with Crippen molar-refractivity contribution >= 4 is 29.2 Å². The van der Waals surface area contributed by atoms with Gasteiger partial charge < -0.3 is 14.8 Å². The molecule has 0 aliphatic rings. The predicted molar refractivity (Wildman–Crippen MR) is 81.7 cm³/mol. The third kappa shape index (κ3) is 4.09. The Labute approximate surface area is 132 Å². The van der Waals surface area contributed by atoms with Crippen LogP contribution in [0.25, 0.3) is 0 Å². The summed E-state index contributed by atoms with van der Waals surface area (Å²) in [6.07, 6.45) is 0.935. The fraction of sp³-hybridized carbons (Fsp3) is 0.308. The molecule has 1 heterocycles. The van der Waals surface area contributed by atoms with Crippen molar-refractivity contribution in [3.05, 3.63) is 28.2 Å². The van der Waals surface area contributed by atoms with Gasteiger partial charge in [-0.15, -0.1) is 4.98 Å². The standard InChI is InChI=1S/C13H14Cl2N4O2/c1-3-7-16-11-17-12(20-2)19-13(18-11)21-9-6-4-5-8(14)10(9)15/h4-6H,3,7H2,1-2H3,(H,16,17,18,19). The molecule has 0 unspecified atom stereocenters. The van der Waals surface area contributed by atoms with E-state index in [1.165, 1.54) is 7.11 Å². The maximum absolute atomic E-state index is 6.07. The second-order valence-electron chi connectivity index (χ2n) is 4.01. The van der Waals surface area contributed by atoms with Crippen LogP contribution in [0.15, 0.2) is 18.2 Å². The lowest BCUT2D eigenvalue weighted by Gasteiger charge is -2.09. The molecule has 2 aromatic rings. The van der Waals surface area contributed by atoms with Crippen molar-refractivity contribution in [2.45, 2.75) is 13.3 Å². The zero-order chi connectivity index (χ0) is 15.2. The molecule has 0 aliphatic carbocycles. The van der Waals surface area contributed by atoms with E-state index in [0.717, 1.165) is 13.0 Å². The molecule has 2 rings (SSSR count). The Kier molecular flexibility index (Phi) is 5.41. The lowest BCUT2D eigenvalue weighted by Crippen LogP contribution is -2.07. The first-order valence-electron chi connectivity index (χ1n) is 6.29. The van der Waals surface area contributed by atoms with Crippen LogP contribution in [0, 0.1) is 0 Å². The number of nitrogens with one attached hydrogen (secondary N) is 1. The highest BCUT2D eigenvalue weighted by Gasteiger charge is 2.12. The van der Waals surface area contributed by atoms with Crippen molar-refractivity contribution in [3.8, 4) is 17.8 Å². The summed E-state index contributed by atoms with van der Waals surface area (Å²) in [5.74, 6) is 0.732. The van der Waals surface area contributed by atoms with Gasteiger partial charge in [0, 0.05) is 6.54 Å². The molecule has 0 atom stereocenters. The lowest BCUT2D eigenvalue weighted by atomic mass is 10.3. The highest BCUT2D eigenvalue weighted by Crippen LogP contribution is 2.33. The molecule has 0 bridgehead atoms. The molecule has 21 heavy (non-hydrogen) atoms. The summed E-state index contributed by atoms with van der Waals surface area (Å²) in [6.45, 7) is 2.76. The van der Waals surface area contributed by atoms with Crippen LogP contribution in [-0.2, 0) is 0 Å². The van der Waals surface area contributed by atoms with Gasteiger partial charge in [-0.1, -0.05) is 36.2 Å². The molecule has 0 fully saturated rings. The molecule has 0 radical (unpaired) electrons. The van der Waals surface area contributed by atoms with Crippen molar-refractivity contribution in [1.82, 2.24) is 15.0 Å². The Morgan fingerprint density at radius 3 is 2.62 bits per heavy atom. The number of nitrogens with zero attached hydrogens (tertiary/aromatic N) is 3. The summed E-state index contributed by atoms with van der Waals surface area (Å²) in [5.41, 5.74) is 0. The summed E-state index contributed by atoms with van der Waals surface area (Å²) < 4.78 is 10.6. The van der Waals surface area contributed by atoms with Gasteiger partial charge in [0.2, 0.25) is 5.95 Å². The second kappa shape index (κ2) is 7.28. The maximum atomic E-state index is 6.07. The van der Waals surface area contributed by atoms with E-state index in [9.17, 15) is 0 Å². The van der Waals surface area contributed by atoms with Gasteiger partial charge in [-0.05, 0) is 18.6 Å². The number of halogens is 2. The minimum absolute atomic E-state index is 0.0737. The molecule has 0 aliphatic heterocycles. The summed E-state index contributed by atoms with van der Waals surface area (Å²) in [6, 6.07) is 5.28. The number of ether oxygens (including phenoxy) is 2. The van der Waals surface area contributed by atoms with Crippen molar-refractivity contribution < 1.29 is 9.47 Å². The van der Waals surface area contributed by atoms with Crippen LogP contribution in [0.2, 0.25) is 10.0 Å². The first-order valence-corrected chi connectivity index (χ1v) is 7.05. The van der Waals surface area contributed by atoms with E-state index in [0.29, 0.717) is 21.7 Å². The van der Waals surface area contributed by atoms with Crippen LogP contribution >= 0.6 is 23.2 Å². The molecule has 0 amide bonds. The van der Waals surface area contributed by atoms with Crippen molar-refractivity contribution in [3.63, 3.8) is 0 Å². The number of hydrogen-bond donors (Lipinski definition) is 1. The molecule has 0 saturated heterocycles. The number of anilines is 1. The number of aromatic nitrogens is 3. The monoisotopic (exact) mass is 328 g/mol. The van der Waals surface area contributed by atoms with Crippen LogP contribution in [-0.4, -0.2) is 28.6 Å². The van der Waals surface area contributed by atoms with Gasteiger partial charge >= 0.3 is 12.0 Å². The molecule has 0 saturated carbocycles. The molecule has 6 nitrogen and oxygen atoms in total. The average molecular weight is 329 g/mol. The first-order chi connectivity index (χ1) is 10.1. The van der Waals surface area contributed by atoms with Crippen LogP contribution in [0.5, 0.6) is 17.8 Å². The van der Waals surface area contributed by atoms with E-state index in [1.54, 1.807) is 18.2 Å². The average Bonchev–Trinajstić information content (AvgIpc) is 2.49. The third-order valence-electron chi connectivity index (χ3n) is 2.43. The Morgan fingerprint density at radius 1 is 1.14 bits per heavy atom. The van der Waals surface area contributed by atoms with Crippen molar-refractivity contribution in [2.24, 2.45) is 0 Å². The highest BCUT2D eigenvalue weighted by molar-refractivity contribution is 6.42. The summed E-state index contributed by atoms with van der Waals surface area (Å²) in [4.78, 5) is 12.2. The largest absolute Gasteiger partial charge is 0.467 e. The summed E-state index contributed by atoms with van der Waals surface area (Å²) in [7, 11) is 1.47. The zero-order valence-electron chi connectivity index (χ0n) is 11.6. The van der Waals surface area contributed by atoms with Crippen LogP contribution < -0.4 is 14.8 Å². The van der Waals surface area contributed by atoms with Crippen LogP contribution in [0.3, 0.4) is 0 Å². The second-order valence-corrected chi connectivity index (χ2v) is 4.79. The van der Waals surface area contributed by atoms with E-state index >= 15 is 0 Å². The minimum atomic E-state index is 0.0737. The van der Waals surface area contributed by atoms with E-state index in [2.05, 4.69) is 20.3 Å². The zero-order valence-corrected chi connectivity index (χ0v) is 13.1. The quantitative estimate of drug-likeness (QED) is 0.869. The smallest absolute Gasteiger partial charge is 0.330 e. The molecule has 0 spiro atoms. The van der Waals surface area contributed by atoms with Gasteiger partial charge in [0.25, 0.3) is 0 Å². The third-order valence-corrected chi connectivity index (χ3v) is 3.23. The maximum Gasteiger partial charge on any atom is 0.330 e. The van der Waals surface area contributed by atoms with Crippen LogP contribution in [0.4, 0.5) is 5.95 Å². The molecule has 112 valence electrons. The minimum Gasteiger partial charge on any atom is -0.467 e. The number of benzene rings is 1. The normalized spacial score (nSPS) is 10.3. The number of hydrogen-bond acceptors (Lipinski definition) is 6. The van der Waals surface area contributed by atoms with Gasteiger partial charge in [-0.3, -0.25) is 0 Å². The SMILES string of the molecule is CCCNc1nc(OC)nc(Oc2cccc(Cl)c2Cl)n1. The fourth-order valence-corrected chi connectivity index (χ4v) is 1.78. The van der Waals surface area contributed by atoms with Crippen LogP contribution in [0.1, 0.15) is 13.3 Å². The first kappa shape index (κ1) is 15.6. The number of methoxy groups -OCH3 is 1. The van der Waals surface area contributed by atoms with Gasteiger partial charge in [0.1, 0.15) is 5.02 Å². The highest BCUT2D eigenvalue weighted by atomic mass is 35.5. The van der Waals surface area contributed by atoms with Gasteiger partial charge in [0.05, 0.1) is 12.1 Å². The van der Waals surface area contributed by atoms with Crippen molar-refractivity contribution in [2.75, 3.05) is 19.0 Å². The lowest BCUT2D eigenvalue weighted by molar-refractivity contribution is 0.360. The molecule has 1 aromatic heterocycles. The Morgan fingerprint density at radius 2 is 1.90 bits per heavy atom. The van der Waals surface area contributed by atoms with E-state index < -0.39 is 0 Å². The van der Waals surface area contributed by atoms with Crippen molar-refractivity contribution in [1.29, 1.82) is 0 Å². The predicted octanol–water partition coefficient (Wildman–Crippen LogP) is 3.80. The fourth-order valence-electron chi connectivity index (χ4n) is 1.45. The molecule has 1 aromatic carbocycles. The van der Waals surface area contributed by atoms with Gasteiger partial charge in [-0.2, -0.15) is 9.97 Å². The summed E-state index contributed by atoms with van der Waals surface area (Å²) in [5, 5.41) is 3.72. The van der Waals surface area contributed by atoms with E-state index in [1.807, 2.05) is 6.92 Å². The Hall–Kier alpha value is -1.79.